The van der Waals surface area contributed by atoms with Gasteiger partial charge in [0.1, 0.15) is 0 Å². The van der Waals surface area contributed by atoms with Gasteiger partial charge in [-0.1, -0.05) is 0 Å². The van der Waals surface area contributed by atoms with Crippen LogP contribution in [0.2, 0.25) is 0 Å². The maximum atomic E-state index is 10.4. The molecule has 0 radical (unpaired) electrons. The van der Waals surface area contributed by atoms with Gasteiger partial charge in [-0.3, -0.25) is 4.79 Å². The maximum absolute atomic E-state index is 10.4. The molecule has 0 saturated heterocycles. The number of carboxylic acids is 1. The van der Waals surface area contributed by atoms with Gasteiger partial charge in [0.05, 0.1) is 15.2 Å². The zero-order valence-corrected chi connectivity index (χ0v) is 4.64. The molecule has 0 aliphatic rings. The minimum Gasteiger partial charge on any atom is -0.548 e. The number of amides is 1. The molecule has 0 aromatic heterocycles. The number of hydrogen-bond acceptors (Lipinski definition) is 3. The quantitative estimate of drug-likeness (QED) is 0.412. The highest BCUT2D eigenvalue weighted by Crippen LogP contribution is 1.56. The van der Waals surface area contributed by atoms with E-state index in [0.717, 1.165) is 0 Å². The van der Waals surface area contributed by atoms with Gasteiger partial charge in [0.15, 0.2) is 6.54 Å². The van der Waals surface area contributed by atoms with Gasteiger partial charge < -0.3 is 21.0 Å². The Morgan fingerprint density at radius 2 is 2.33 bits per heavy atom. The average molecular weight is 134 g/mol. The van der Waals surface area contributed by atoms with Crippen LogP contribution < -0.4 is 16.2 Å². The van der Waals surface area contributed by atoms with E-state index in [1.54, 1.807) is 5.32 Å². The molecule has 1 amide bonds. The van der Waals surface area contributed by atoms with E-state index in [1.165, 1.54) is 0 Å². The Labute approximate surface area is 54.7 Å². The monoisotopic (exact) mass is 134 g/mol. The summed E-state index contributed by atoms with van der Waals surface area (Å²) in [6.07, 6.45) is 0. The van der Waals surface area contributed by atoms with E-state index in [-0.39, 0.29) is 6.54 Å². The first kappa shape index (κ1) is 4.75. The Bertz CT molecular complexity index is 182. The topological polar surface area (TPSA) is 96.9 Å². The van der Waals surface area contributed by atoms with Gasteiger partial charge in [-0.2, -0.15) is 0 Å². The summed E-state index contributed by atoms with van der Waals surface area (Å²) < 4.78 is 13.3. The Morgan fingerprint density at radius 1 is 1.78 bits per heavy atom. The van der Waals surface area contributed by atoms with Crippen molar-refractivity contribution < 1.29 is 23.2 Å². The van der Waals surface area contributed by atoms with Crippen LogP contribution in [0.5, 0.6) is 0 Å². The molecule has 4 N–H and O–H groups in total. The minimum atomic E-state index is -2.81. The van der Waals surface area contributed by atoms with Crippen molar-refractivity contribution in [1.29, 1.82) is 0 Å². The second-order valence-corrected chi connectivity index (χ2v) is 1.21. The Kier molecular flexibility index (Phi) is 2.03. The third-order valence-electron chi connectivity index (χ3n) is 0.531. The second kappa shape index (κ2) is 3.85. The molecule has 0 aromatic rings. The van der Waals surface area contributed by atoms with Crippen LogP contribution in [0, 0.1) is 0 Å². The van der Waals surface area contributed by atoms with Crippen LogP contribution >= 0.6 is 0 Å². The number of aliphatic carboxylic acids is 1. The zero-order chi connectivity index (χ0) is 9.07. The molecule has 0 fully saturated rings. The van der Waals surface area contributed by atoms with Crippen LogP contribution in [0.15, 0.2) is 0 Å². The predicted molar refractivity (Wildman–Crippen MR) is 25.8 cm³/mol. The highest BCUT2D eigenvalue weighted by Gasteiger charge is 1.95. The van der Waals surface area contributed by atoms with Crippen molar-refractivity contribution >= 4 is 11.9 Å². The summed E-state index contributed by atoms with van der Waals surface area (Å²) in [5, 5.41) is 11.5. The summed E-state index contributed by atoms with van der Waals surface area (Å²) in [6, 6.07) is 0. The van der Waals surface area contributed by atoms with Crippen LogP contribution in [0.25, 0.3) is 0 Å². The molecule has 0 aliphatic heterocycles. The smallest absolute Gasteiger partial charge is 0.275 e. The Morgan fingerprint density at radius 3 is 2.67 bits per heavy atom. The lowest BCUT2D eigenvalue weighted by Gasteiger charge is -2.00. The summed E-state index contributed by atoms with van der Waals surface area (Å²) in [4.78, 5) is 20.4. The van der Waals surface area contributed by atoms with Crippen molar-refractivity contribution in [2.24, 2.45) is 0 Å². The van der Waals surface area contributed by atoms with Crippen molar-refractivity contribution in [3.8, 4) is 0 Å². The number of carboxylic acid groups (broad SMARTS) is 1. The Hall–Kier alpha value is -1.10. The van der Waals surface area contributed by atoms with Crippen LogP contribution in [0.1, 0.15) is 2.74 Å². The number of nitrogens with one attached hydrogen (secondary N) is 1. The van der Waals surface area contributed by atoms with E-state index >= 15 is 0 Å². The maximum Gasteiger partial charge on any atom is 0.275 e. The number of hydrogen-bond donors (Lipinski definition) is 2. The fourth-order valence-electron chi connectivity index (χ4n) is 0.183. The fourth-order valence-corrected chi connectivity index (χ4v) is 0.183. The lowest BCUT2D eigenvalue weighted by molar-refractivity contribution is -0.355. The van der Waals surface area contributed by atoms with E-state index in [0.29, 0.717) is 0 Å². The molecule has 0 bridgehead atoms. The van der Waals surface area contributed by atoms with Crippen LogP contribution in [-0.4, -0.2) is 24.9 Å². The van der Waals surface area contributed by atoms with E-state index in [1.807, 2.05) is 0 Å². The third-order valence-corrected chi connectivity index (χ3v) is 0.531. The number of carbonyl (C=O) groups is 2. The second-order valence-electron chi connectivity index (χ2n) is 1.21. The van der Waals surface area contributed by atoms with Gasteiger partial charge in [0.2, 0.25) is 0 Å². The number of carbonyl (C=O) groups excluding carboxylic acids is 2. The zero-order valence-electron chi connectivity index (χ0n) is 6.64. The molecular formula is C4H8N2O3. The molecule has 0 aromatic carbocycles. The molecule has 0 saturated carbocycles. The lowest BCUT2D eigenvalue weighted by atomic mass is 10.5. The molecule has 0 heterocycles. The van der Waals surface area contributed by atoms with E-state index in [9.17, 15) is 14.7 Å². The van der Waals surface area contributed by atoms with Crippen molar-refractivity contribution in [2.45, 2.75) is 0 Å². The van der Waals surface area contributed by atoms with Crippen LogP contribution in [0.4, 0.5) is 0 Å². The van der Waals surface area contributed by atoms with Gasteiger partial charge >= 0.3 is 0 Å². The van der Waals surface area contributed by atoms with Crippen LogP contribution in [0.3, 0.4) is 0 Å². The van der Waals surface area contributed by atoms with Gasteiger partial charge in [-0.15, -0.1) is 0 Å². The molecule has 5 heteroatoms. The first-order valence-electron chi connectivity index (χ1n) is 3.22. The molecule has 0 aliphatic carbocycles. The SMILES string of the molecule is [2H]C([2H])(NC(=O)C[NH3+])C(=O)[O-]. The van der Waals surface area contributed by atoms with Gasteiger partial charge in [-0.05, 0) is 0 Å². The van der Waals surface area contributed by atoms with Gasteiger partial charge in [-0.25, -0.2) is 0 Å². The lowest BCUT2D eigenvalue weighted by Crippen LogP contribution is -2.58. The van der Waals surface area contributed by atoms with Crippen molar-refractivity contribution in [3.05, 3.63) is 0 Å². The summed E-state index contributed by atoms with van der Waals surface area (Å²) in [5.41, 5.74) is 3.14. The number of rotatable bonds is 3. The summed E-state index contributed by atoms with van der Waals surface area (Å²) >= 11 is 0. The van der Waals surface area contributed by atoms with Gasteiger partial charge in [0, 0.05) is 0 Å². The Balaban J connectivity index is 4.12. The first-order chi connectivity index (χ1) is 4.90. The number of quaternary nitrogens is 1. The van der Waals surface area contributed by atoms with E-state index < -0.39 is 18.4 Å². The highest BCUT2D eigenvalue weighted by atomic mass is 16.4. The van der Waals surface area contributed by atoms with Crippen molar-refractivity contribution in [3.63, 3.8) is 0 Å². The summed E-state index contributed by atoms with van der Waals surface area (Å²) in [5.74, 6) is -2.75. The highest BCUT2D eigenvalue weighted by molar-refractivity contribution is 5.80. The normalized spacial score (nSPS) is 13.4. The van der Waals surface area contributed by atoms with Crippen molar-refractivity contribution in [2.75, 3.05) is 13.0 Å². The molecule has 0 spiro atoms. The van der Waals surface area contributed by atoms with E-state index in [2.05, 4.69) is 5.73 Å². The summed E-state index contributed by atoms with van der Waals surface area (Å²) in [7, 11) is 0. The fraction of sp³-hybridized carbons (Fsp3) is 0.500. The van der Waals surface area contributed by atoms with Crippen LogP contribution in [-0.2, 0) is 9.59 Å². The first-order valence-corrected chi connectivity index (χ1v) is 2.22. The molecule has 5 nitrogen and oxygen atoms in total. The molecule has 0 atom stereocenters. The minimum absolute atomic E-state index is 0.215. The molecule has 0 unspecified atom stereocenters. The summed E-state index contributed by atoms with van der Waals surface area (Å²) in [6.45, 7) is -3.03. The predicted octanol–water partition coefficient (Wildman–Crippen LogP) is -3.91. The third kappa shape index (κ3) is 4.76. The molecule has 9 heavy (non-hydrogen) atoms. The molecular weight excluding hydrogens is 124 g/mol. The molecule has 52 valence electrons. The van der Waals surface area contributed by atoms with E-state index in [4.69, 9.17) is 2.74 Å². The largest absolute Gasteiger partial charge is 0.548 e. The standard InChI is InChI=1S/C4H8N2O3/c5-1-3(7)6-2-4(8)9/h1-2,5H2,(H,6,7)(H,8,9)/i2D2. The average Bonchev–Trinajstić information content (AvgIpc) is 1.86. The van der Waals surface area contributed by atoms with Gasteiger partial charge in [0.25, 0.3) is 5.91 Å². The van der Waals surface area contributed by atoms with Crippen molar-refractivity contribution in [1.82, 2.24) is 5.32 Å². The molecule has 0 rings (SSSR count).